The van der Waals surface area contributed by atoms with Crippen LogP contribution in [0.25, 0.3) is 16.8 Å². The number of rotatable bonds is 6. The Bertz CT molecular complexity index is 1750. The van der Waals surface area contributed by atoms with Crippen molar-refractivity contribution in [2.75, 3.05) is 30.8 Å². The number of nitrogens with one attached hydrogen (secondary N) is 2. The molecule has 208 valence electrons. The van der Waals surface area contributed by atoms with Gasteiger partial charge in [-0.25, -0.2) is 9.97 Å². The molecule has 1 aliphatic rings. The number of aryl methyl sites for hydroxylation is 2. The second-order valence-electron chi connectivity index (χ2n) is 10.7. The van der Waals surface area contributed by atoms with E-state index in [-0.39, 0.29) is 11.8 Å². The Hall–Kier alpha value is -4.83. The summed E-state index contributed by atoms with van der Waals surface area (Å²) in [5.41, 5.74) is 5.78. The van der Waals surface area contributed by atoms with E-state index in [9.17, 15) is 9.59 Å². The van der Waals surface area contributed by atoms with Crippen molar-refractivity contribution >= 4 is 29.0 Å². The van der Waals surface area contributed by atoms with Crippen LogP contribution in [-0.2, 0) is 0 Å². The molecular formula is C31H32N8O2. The molecule has 1 aliphatic heterocycles. The zero-order valence-corrected chi connectivity index (χ0v) is 23.3. The maximum Gasteiger partial charge on any atom is 0.274 e. The molecule has 0 bridgehead atoms. The summed E-state index contributed by atoms with van der Waals surface area (Å²) >= 11 is 0. The second-order valence-corrected chi connectivity index (χ2v) is 10.7. The number of anilines is 2. The lowest BCUT2D eigenvalue weighted by Crippen LogP contribution is -2.31. The van der Waals surface area contributed by atoms with Crippen molar-refractivity contribution in [1.82, 2.24) is 29.0 Å². The van der Waals surface area contributed by atoms with Crippen molar-refractivity contribution in [3.05, 3.63) is 95.8 Å². The van der Waals surface area contributed by atoms with Crippen LogP contribution in [0, 0.1) is 13.8 Å². The van der Waals surface area contributed by atoms with Crippen LogP contribution >= 0.6 is 0 Å². The first-order valence-corrected chi connectivity index (χ1v) is 13.7. The van der Waals surface area contributed by atoms with Gasteiger partial charge in [-0.2, -0.15) is 5.10 Å². The first kappa shape index (κ1) is 26.4. The quantitative estimate of drug-likeness (QED) is 0.310. The van der Waals surface area contributed by atoms with Gasteiger partial charge in [0.15, 0.2) is 0 Å². The van der Waals surface area contributed by atoms with Crippen molar-refractivity contribution in [2.24, 2.45) is 0 Å². The molecule has 5 aromatic rings. The lowest BCUT2D eigenvalue weighted by molar-refractivity contribution is 0.101. The fraction of sp³-hybridized carbons (Fsp3) is 0.258. The van der Waals surface area contributed by atoms with Gasteiger partial charge in [0.2, 0.25) is 0 Å². The van der Waals surface area contributed by atoms with Crippen LogP contribution in [0.4, 0.5) is 11.5 Å². The van der Waals surface area contributed by atoms with E-state index < -0.39 is 0 Å². The molecular weight excluding hydrogens is 516 g/mol. The summed E-state index contributed by atoms with van der Waals surface area (Å²) in [5.74, 6) is -0.156. The molecule has 1 saturated heterocycles. The van der Waals surface area contributed by atoms with E-state index in [0.29, 0.717) is 34.5 Å². The summed E-state index contributed by atoms with van der Waals surface area (Å²) in [6.45, 7) is 5.95. The van der Waals surface area contributed by atoms with Gasteiger partial charge in [0.05, 0.1) is 18.4 Å². The first-order chi connectivity index (χ1) is 19.8. The van der Waals surface area contributed by atoms with Gasteiger partial charge >= 0.3 is 0 Å². The molecule has 10 heteroatoms. The number of hydrogen-bond acceptors (Lipinski definition) is 6. The van der Waals surface area contributed by atoms with Crippen molar-refractivity contribution in [1.29, 1.82) is 0 Å². The Morgan fingerprint density at radius 1 is 0.878 bits per heavy atom. The molecule has 0 spiro atoms. The van der Waals surface area contributed by atoms with E-state index in [1.807, 2.05) is 50.5 Å². The highest BCUT2D eigenvalue weighted by Gasteiger charge is 2.20. The number of imidazole rings is 1. The number of likely N-dealkylation sites (tertiary alicyclic amines) is 1. The molecule has 0 atom stereocenters. The van der Waals surface area contributed by atoms with E-state index in [4.69, 9.17) is 0 Å². The van der Waals surface area contributed by atoms with E-state index in [1.54, 1.807) is 35.0 Å². The van der Waals surface area contributed by atoms with Crippen molar-refractivity contribution in [3.8, 4) is 11.1 Å². The molecule has 2 amide bonds. The number of carbonyl (C=O) groups is 2. The third-order valence-corrected chi connectivity index (χ3v) is 7.64. The average Bonchev–Trinajstić information content (AvgIpc) is 3.62. The van der Waals surface area contributed by atoms with Crippen LogP contribution in [-0.4, -0.2) is 61.0 Å². The highest BCUT2D eigenvalue weighted by Crippen LogP contribution is 2.26. The Morgan fingerprint density at radius 2 is 1.71 bits per heavy atom. The van der Waals surface area contributed by atoms with E-state index >= 15 is 0 Å². The van der Waals surface area contributed by atoms with E-state index in [2.05, 4.69) is 48.5 Å². The van der Waals surface area contributed by atoms with Gasteiger partial charge < -0.3 is 15.5 Å². The highest BCUT2D eigenvalue weighted by molar-refractivity contribution is 6.07. The fourth-order valence-electron chi connectivity index (χ4n) is 5.14. The SMILES string of the molecule is Cc1ccnc(NC(=O)c2ccc(C)c(NC(=O)c3cnc4ccc(-c5cnn(C6CCN(C)CC6)c5)cn34)c2)c1. The van der Waals surface area contributed by atoms with E-state index in [1.165, 1.54) is 0 Å². The third kappa shape index (κ3) is 5.59. The largest absolute Gasteiger partial charge is 0.320 e. The molecule has 6 rings (SSSR count). The molecule has 41 heavy (non-hydrogen) atoms. The van der Waals surface area contributed by atoms with Gasteiger partial charge in [0.25, 0.3) is 11.8 Å². The average molecular weight is 549 g/mol. The maximum absolute atomic E-state index is 13.4. The number of amides is 2. The van der Waals surface area contributed by atoms with Crippen LogP contribution in [0.15, 0.2) is 73.4 Å². The van der Waals surface area contributed by atoms with Gasteiger partial charge in [-0.05, 0) is 94.4 Å². The molecule has 0 unspecified atom stereocenters. The molecule has 1 aromatic carbocycles. The zero-order valence-electron chi connectivity index (χ0n) is 23.3. The van der Waals surface area contributed by atoms with Crippen LogP contribution in [0.5, 0.6) is 0 Å². The number of piperidine rings is 1. The van der Waals surface area contributed by atoms with Crippen molar-refractivity contribution in [3.63, 3.8) is 0 Å². The van der Waals surface area contributed by atoms with Gasteiger partial charge in [-0.1, -0.05) is 6.07 Å². The molecule has 5 heterocycles. The lowest BCUT2D eigenvalue weighted by Gasteiger charge is -2.28. The third-order valence-electron chi connectivity index (χ3n) is 7.64. The number of fused-ring (bicyclic) bond motifs is 1. The Labute approximate surface area is 238 Å². The standard InChI is InChI=1S/C31H32N8O2/c1-20-8-11-32-28(14-20)36-30(40)22-5-4-21(2)26(15-22)35-31(41)27-17-33-29-7-6-23(18-38(27)29)24-16-34-39(19-24)25-9-12-37(3)13-10-25/h4-8,11,14-19,25H,9-10,12-13H2,1-3H3,(H,35,41)(H,32,36,40). The summed E-state index contributed by atoms with van der Waals surface area (Å²) in [4.78, 5) is 37.3. The number of pyridine rings is 2. The molecule has 0 saturated carbocycles. The Balaban J connectivity index is 1.21. The minimum absolute atomic E-state index is 0.307. The van der Waals surface area contributed by atoms with Gasteiger partial charge in [0.1, 0.15) is 17.2 Å². The minimum Gasteiger partial charge on any atom is -0.320 e. The predicted molar refractivity (Wildman–Crippen MR) is 158 cm³/mol. The van der Waals surface area contributed by atoms with Crippen LogP contribution in [0.2, 0.25) is 0 Å². The number of benzene rings is 1. The maximum atomic E-state index is 13.4. The number of nitrogens with zero attached hydrogens (tertiary/aromatic N) is 6. The molecule has 4 aromatic heterocycles. The van der Waals surface area contributed by atoms with Crippen LogP contribution < -0.4 is 10.6 Å². The Morgan fingerprint density at radius 3 is 2.51 bits per heavy atom. The van der Waals surface area contributed by atoms with Gasteiger partial charge in [0, 0.05) is 41.0 Å². The number of aromatic nitrogens is 5. The summed E-state index contributed by atoms with van der Waals surface area (Å²) in [5, 5.41) is 10.4. The minimum atomic E-state index is -0.322. The first-order valence-electron chi connectivity index (χ1n) is 13.7. The van der Waals surface area contributed by atoms with E-state index in [0.717, 1.165) is 48.2 Å². The topological polar surface area (TPSA) is 109 Å². The Kier molecular flexibility index (Phi) is 7.07. The van der Waals surface area contributed by atoms with Crippen molar-refractivity contribution < 1.29 is 9.59 Å². The molecule has 1 fully saturated rings. The van der Waals surface area contributed by atoms with Gasteiger partial charge in [-0.15, -0.1) is 0 Å². The second kappa shape index (κ2) is 11.0. The lowest BCUT2D eigenvalue weighted by atomic mass is 10.1. The van der Waals surface area contributed by atoms with Gasteiger partial charge in [-0.3, -0.25) is 18.7 Å². The molecule has 10 nitrogen and oxygen atoms in total. The number of hydrogen-bond donors (Lipinski definition) is 2. The number of carbonyl (C=O) groups excluding carboxylic acids is 2. The summed E-state index contributed by atoms with van der Waals surface area (Å²) in [6, 6.07) is 13.2. The highest BCUT2D eigenvalue weighted by atomic mass is 16.2. The zero-order chi connectivity index (χ0) is 28.5. The molecule has 2 N–H and O–H groups in total. The molecule has 0 aliphatic carbocycles. The van der Waals surface area contributed by atoms with Crippen LogP contribution in [0.1, 0.15) is 50.9 Å². The summed E-state index contributed by atoms with van der Waals surface area (Å²) in [6.07, 6.45) is 11.2. The monoisotopic (exact) mass is 548 g/mol. The molecule has 0 radical (unpaired) electrons. The van der Waals surface area contributed by atoms with Crippen molar-refractivity contribution in [2.45, 2.75) is 32.7 Å². The summed E-state index contributed by atoms with van der Waals surface area (Å²) in [7, 11) is 2.15. The smallest absolute Gasteiger partial charge is 0.274 e. The summed E-state index contributed by atoms with van der Waals surface area (Å²) < 4.78 is 3.85. The van der Waals surface area contributed by atoms with Crippen LogP contribution in [0.3, 0.4) is 0 Å². The normalized spacial score (nSPS) is 14.3. The predicted octanol–water partition coefficient (Wildman–Crippen LogP) is 4.98. The fourth-order valence-corrected chi connectivity index (χ4v) is 5.14.